The van der Waals surface area contributed by atoms with E-state index in [1.54, 1.807) is 0 Å². The number of aliphatic hydroxyl groups excluding tert-OH is 1. The molecule has 3 N–H and O–H groups in total. The molecule has 3 rings (SSSR count). The molecule has 1 aliphatic rings. The number of carbonyl (C=O) groups excluding carboxylic acids is 1. The molecule has 0 atom stereocenters. The molecule has 0 bridgehead atoms. The van der Waals surface area contributed by atoms with Crippen LogP contribution in [-0.4, -0.2) is 43.5 Å². The first-order valence-corrected chi connectivity index (χ1v) is 7.78. The summed E-state index contributed by atoms with van der Waals surface area (Å²) in [5.41, 5.74) is 6.49. The van der Waals surface area contributed by atoms with Crippen LogP contribution in [0.2, 0.25) is 0 Å². The van der Waals surface area contributed by atoms with E-state index in [0.29, 0.717) is 11.2 Å². The largest absolute Gasteiger partial charge is 0.473 e. The fourth-order valence-corrected chi connectivity index (χ4v) is 2.69. The molecule has 8 nitrogen and oxygen atoms in total. The Morgan fingerprint density at radius 2 is 2.04 bits per heavy atom. The van der Waals surface area contributed by atoms with E-state index in [0.717, 1.165) is 25.7 Å². The van der Waals surface area contributed by atoms with Crippen molar-refractivity contribution >= 4 is 22.9 Å². The third kappa shape index (κ3) is 3.53. The van der Waals surface area contributed by atoms with Crippen LogP contribution in [0.15, 0.2) is 6.20 Å². The van der Waals surface area contributed by atoms with E-state index in [1.165, 1.54) is 12.6 Å². The molecule has 0 unspecified atom stereocenters. The summed E-state index contributed by atoms with van der Waals surface area (Å²) in [4.78, 5) is 28.4. The van der Waals surface area contributed by atoms with Crippen molar-refractivity contribution in [3.8, 4) is 5.88 Å². The van der Waals surface area contributed by atoms with Crippen molar-refractivity contribution in [1.29, 1.82) is 0 Å². The highest BCUT2D eigenvalue weighted by atomic mass is 16.5. The van der Waals surface area contributed by atoms with Crippen molar-refractivity contribution in [3.05, 3.63) is 11.9 Å². The summed E-state index contributed by atoms with van der Waals surface area (Å²) in [6.07, 6.45) is 6.77. The third-order valence-corrected chi connectivity index (χ3v) is 3.85. The highest BCUT2D eigenvalue weighted by Gasteiger charge is 2.20. The fraction of sp³-hybridized carbons (Fsp3) is 0.533. The number of nitrogen functional groups attached to an aromatic ring is 1. The van der Waals surface area contributed by atoms with Crippen molar-refractivity contribution in [2.75, 3.05) is 12.3 Å². The summed E-state index contributed by atoms with van der Waals surface area (Å²) in [5.74, 6) is 0.0416. The van der Waals surface area contributed by atoms with Gasteiger partial charge in [0.2, 0.25) is 11.8 Å². The van der Waals surface area contributed by atoms with Crippen LogP contribution in [0.1, 0.15) is 49.0 Å². The molecule has 0 spiro atoms. The number of fused-ring (bicyclic) bond motifs is 1. The van der Waals surface area contributed by atoms with Gasteiger partial charge in [0.15, 0.2) is 16.9 Å². The molecule has 2 aromatic heterocycles. The maximum Gasteiger partial charge on any atom is 0.247 e. The molecule has 122 valence electrons. The van der Waals surface area contributed by atoms with E-state index in [4.69, 9.17) is 15.6 Å². The third-order valence-electron chi connectivity index (χ3n) is 3.85. The summed E-state index contributed by atoms with van der Waals surface area (Å²) >= 11 is 0. The van der Waals surface area contributed by atoms with Gasteiger partial charge in [-0.15, -0.1) is 0 Å². The van der Waals surface area contributed by atoms with E-state index in [1.807, 2.05) is 0 Å². The summed E-state index contributed by atoms with van der Waals surface area (Å²) in [6.45, 7) is -0.234. The first-order valence-electron chi connectivity index (χ1n) is 7.78. The topological polar surface area (TPSA) is 124 Å². The van der Waals surface area contributed by atoms with Crippen LogP contribution in [0.3, 0.4) is 0 Å². The molecule has 2 aromatic rings. The van der Waals surface area contributed by atoms with Crippen LogP contribution < -0.4 is 10.5 Å². The van der Waals surface area contributed by atoms with Gasteiger partial charge in [0.25, 0.3) is 0 Å². The summed E-state index contributed by atoms with van der Waals surface area (Å²) < 4.78 is 5.95. The molecular weight excluding hydrogens is 298 g/mol. The number of rotatable bonds is 5. The lowest BCUT2D eigenvalue weighted by Gasteiger charge is -2.22. The molecule has 0 aliphatic heterocycles. The van der Waals surface area contributed by atoms with Gasteiger partial charge < -0.3 is 15.6 Å². The molecular formula is C15H19N5O3. The predicted molar refractivity (Wildman–Crippen MR) is 83.1 cm³/mol. The Bertz CT molecular complexity index is 716. The summed E-state index contributed by atoms with van der Waals surface area (Å²) in [6, 6.07) is 0. The summed E-state index contributed by atoms with van der Waals surface area (Å²) in [7, 11) is 0. The monoisotopic (exact) mass is 317 g/mol. The molecule has 0 amide bonds. The molecule has 0 radical (unpaired) electrons. The minimum Gasteiger partial charge on any atom is -0.473 e. The lowest BCUT2D eigenvalue weighted by atomic mass is 9.98. The maximum absolute atomic E-state index is 11.9. The zero-order valence-electron chi connectivity index (χ0n) is 12.7. The minimum atomic E-state index is -0.289. The predicted octanol–water partition coefficient (Wildman–Crippen LogP) is 1.28. The molecule has 1 saturated carbocycles. The van der Waals surface area contributed by atoms with Crippen LogP contribution in [0, 0.1) is 0 Å². The highest BCUT2D eigenvalue weighted by molar-refractivity contribution is 5.95. The van der Waals surface area contributed by atoms with Crippen molar-refractivity contribution < 1.29 is 14.6 Å². The SMILES string of the molecule is Nc1nc(OC2CCCCC2)c2nc(C(=O)CCO)cnc2n1. The van der Waals surface area contributed by atoms with Crippen molar-refractivity contribution in [3.63, 3.8) is 0 Å². The Kier molecular flexibility index (Phi) is 4.61. The number of ether oxygens (including phenoxy) is 1. The number of aromatic nitrogens is 4. The number of carbonyl (C=O) groups is 1. The number of hydrogen-bond donors (Lipinski definition) is 2. The van der Waals surface area contributed by atoms with E-state index < -0.39 is 0 Å². The van der Waals surface area contributed by atoms with Gasteiger partial charge in [-0.25, -0.2) is 9.97 Å². The molecule has 1 aliphatic carbocycles. The molecule has 1 fully saturated rings. The zero-order chi connectivity index (χ0) is 16.2. The quantitative estimate of drug-likeness (QED) is 0.790. The van der Waals surface area contributed by atoms with Gasteiger partial charge in [-0.2, -0.15) is 9.97 Å². The normalized spacial score (nSPS) is 15.7. The zero-order valence-corrected chi connectivity index (χ0v) is 12.7. The molecule has 0 aromatic carbocycles. The Morgan fingerprint density at radius 3 is 2.78 bits per heavy atom. The van der Waals surface area contributed by atoms with Crippen molar-refractivity contribution in [1.82, 2.24) is 19.9 Å². The second kappa shape index (κ2) is 6.82. The number of Topliss-reactive ketones (excluding diaryl/α,β-unsaturated/α-hetero) is 1. The second-order valence-corrected chi connectivity index (χ2v) is 5.59. The van der Waals surface area contributed by atoms with Crippen molar-refractivity contribution in [2.24, 2.45) is 0 Å². The van der Waals surface area contributed by atoms with Gasteiger partial charge in [0.1, 0.15) is 11.8 Å². The fourth-order valence-electron chi connectivity index (χ4n) is 2.69. The van der Waals surface area contributed by atoms with E-state index in [-0.39, 0.29) is 42.4 Å². The second-order valence-electron chi connectivity index (χ2n) is 5.59. The number of aliphatic hydroxyl groups is 1. The maximum atomic E-state index is 11.9. The lowest BCUT2D eigenvalue weighted by Crippen LogP contribution is -2.21. The lowest BCUT2D eigenvalue weighted by molar-refractivity contribution is 0.0951. The average molecular weight is 317 g/mol. The van der Waals surface area contributed by atoms with E-state index >= 15 is 0 Å². The number of anilines is 1. The number of nitrogens with two attached hydrogens (primary N) is 1. The van der Waals surface area contributed by atoms with Crippen LogP contribution in [0.4, 0.5) is 5.95 Å². The van der Waals surface area contributed by atoms with Crippen LogP contribution in [0.25, 0.3) is 11.2 Å². The van der Waals surface area contributed by atoms with Gasteiger partial charge in [-0.1, -0.05) is 6.42 Å². The van der Waals surface area contributed by atoms with E-state index in [2.05, 4.69) is 19.9 Å². The van der Waals surface area contributed by atoms with E-state index in [9.17, 15) is 4.79 Å². The number of nitrogens with zero attached hydrogens (tertiary/aromatic N) is 4. The Labute approximate surface area is 133 Å². The Hall–Kier alpha value is -2.35. The average Bonchev–Trinajstić information content (AvgIpc) is 2.55. The molecule has 8 heteroatoms. The molecule has 0 saturated heterocycles. The molecule has 23 heavy (non-hydrogen) atoms. The van der Waals surface area contributed by atoms with Gasteiger partial charge in [-0.05, 0) is 25.7 Å². The van der Waals surface area contributed by atoms with Crippen LogP contribution >= 0.6 is 0 Å². The van der Waals surface area contributed by atoms with Gasteiger partial charge in [0.05, 0.1) is 12.8 Å². The highest BCUT2D eigenvalue weighted by Crippen LogP contribution is 2.26. The number of hydrogen-bond acceptors (Lipinski definition) is 8. The summed E-state index contributed by atoms with van der Waals surface area (Å²) in [5, 5.41) is 8.88. The Morgan fingerprint density at radius 1 is 1.26 bits per heavy atom. The standard InChI is InChI=1S/C15H19N5O3/c16-15-19-13-12(18-10(8-17-13)11(22)6-7-21)14(20-15)23-9-4-2-1-3-5-9/h8-9,21H,1-7H2,(H2,16,17,19,20). The van der Waals surface area contributed by atoms with Gasteiger partial charge in [0, 0.05) is 6.42 Å². The van der Waals surface area contributed by atoms with Gasteiger partial charge >= 0.3 is 0 Å². The van der Waals surface area contributed by atoms with Gasteiger partial charge in [-0.3, -0.25) is 4.79 Å². The van der Waals surface area contributed by atoms with Crippen LogP contribution in [0.5, 0.6) is 5.88 Å². The smallest absolute Gasteiger partial charge is 0.247 e. The van der Waals surface area contributed by atoms with Crippen molar-refractivity contribution in [2.45, 2.75) is 44.6 Å². The first kappa shape index (κ1) is 15.5. The minimum absolute atomic E-state index is 0.00513. The Balaban J connectivity index is 1.96. The first-order chi connectivity index (χ1) is 11.2. The molecule has 2 heterocycles. The number of ketones is 1. The van der Waals surface area contributed by atoms with Crippen LogP contribution in [-0.2, 0) is 0 Å².